The number of amides is 1. The molecule has 3 unspecified atom stereocenters. The van der Waals surface area contributed by atoms with Crippen LogP contribution in [0.15, 0.2) is 11.6 Å². The number of nitrogens with one attached hydrogen (secondary N) is 1. The molecule has 0 bridgehead atoms. The van der Waals surface area contributed by atoms with Crippen LogP contribution >= 0.6 is 0 Å². The zero-order valence-corrected chi connectivity index (χ0v) is 25.2. The Balaban J connectivity index is 1.30. The van der Waals surface area contributed by atoms with Gasteiger partial charge in [-0.3, -0.25) is 4.79 Å². The lowest BCUT2D eigenvalue weighted by Crippen LogP contribution is -2.50. The smallest absolute Gasteiger partial charge is 0.219 e. The molecule has 0 aromatic carbocycles. The van der Waals surface area contributed by atoms with E-state index < -0.39 is 0 Å². The molecule has 3 heteroatoms. The van der Waals surface area contributed by atoms with E-state index in [2.05, 4.69) is 46.0 Å². The average molecular weight is 514 g/mol. The van der Waals surface area contributed by atoms with E-state index in [-0.39, 0.29) is 5.91 Å². The van der Waals surface area contributed by atoms with Gasteiger partial charge in [-0.25, -0.2) is 0 Å². The lowest BCUT2D eigenvalue weighted by Gasteiger charge is -2.58. The van der Waals surface area contributed by atoms with Gasteiger partial charge in [-0.2, -0.15) is 0 Å². The van der Waals surface area contributed by atoms with Crippen molar-refractivity contribution in [2.24, 2.45) is 52.3 Å². The molecule has 0 aliphatic heterocycles. The second-order valence-corrected chi connectivity index (χ2v) is 14.5. The van der Waals surface area contributed by atoms with Crippen molar-refractivity contribution >= 4 is 5.91 Å². The zero-order valence-electron chi connectivity index (χ0n) is 25.2. The summed E-state index contributed by atoms with van der Waals surface area (Å²) in [5.74, 6) is 6.29. The van der Waals surface area contributed by atoms with E-state index in [9.17, 15) is 4.79 Å². The van der Waals surface area contributed by atoms with Crippen LogP contribution in [0.5, 0.6) is 0 Å². The average Bonchev–Trinajstić information content (AvgIpc) is 3.23. The molecule has 0 saturated heterocycles. The predicted octanol–water partition coefficient (Wildman–Crippen LogP) is 8.58. The molecule has 37 heavy (non-hydrogen) atoms. The molecule has 3 saturated carbocycles. The maximum Gasteiger partial charge on any atom is 0.219 e. The van der Waals surface area contributed by atoms with Gasteiger partial charge in [-0.1, -0.05) is 72.5 Å². The first-order chi connectivity index (χ1) is 17.7. The number of carbonyl (C=O) groups is 1. The maximum atomic E-state index is 11.4. The summed E-state index contributed by atoms with van der Waals surface area (Å²) in [5, 5.41) is 2.95. The Bertz CT molecular complexity index is 789. The first kappa shape index (κ1) is 29.2. The van der Waals surface area contributed by atoms with Crippen LogP contribution in [0.4, 0.5) is 0 Å². The van der Waals surface area contributed by atoms with Gasteiger partial charge in [0.25, 0.3) is 0 Å². The first-order valence-corrected chi connectivity index (χ1v) is 16.2. The molecule has 0 radical (unpaired) electrons. The molecule has 4 aliphatic carbocycles. The molecule has 0 spiro atoms. The Labute approximate surface area is 229 Å². The highest BCUT2D eigenvalue weighted by atomic mass is 16.5. The number of ether oxygens (including phenoxy) is 1. The van der Waals surface area contributed by atoms with Crippen molar-refractivity contribution in [3.8, 4) is 0 Å². The van der Waals surface area contributed by atoms with Gasteiger partial charge in [0.1, 0.15) is 0 Å². The fourth-order valence-electron chi connectivity index (χ4n) is 9.68. The summed E-state index contributed by atoms with van der Waals surface area (Å²) in [6.07, 6.45) is 19.7. The van der Waals surface area contributed by atoms with Crippen LogP contribution < -0.4 is 5.32 Å². The number of allylic oxidation sites excluding steroid dienone is 2. The normalized spacial score (nSPS) is 37.9. The number of carbonyl (C=O) groups excluding carboxylic acids is 1. The van der Waals surface area contributed by atoms with Crippen molar-refractivity contribution in [2.45, 2.75) is 125 Å². The molecule has 1 N–H and O–H groups in total. The second kappa shape index (κ2) is 12.6. The fourth-order valence-corrected chi connectivity index (χ4v) is 9.68. The van der Waals surface area contributed by atoms with Gasteiger partial charge in [0.05, 0.1) is 0 Å². The van der Waals surface area contributed by atoms with Crippen LogP contribution in [0.25, 0.3) is 0 Å². The van der Waals surface area contributed by atoms with E-state index in [0.29, 0.717) is 23.2 Å². The molecule has 0 aromatic heterocycles. The van der Waals surface area contributed by atoms with Gasteiger partial charge < -0.3 is 10.1 Å². The van der Waals surface area contributed by atoms with E-state index in [1.165, 1.54) is 70.6 Å². The Kier molecular flexibility index (Phi) is 9.90. The number of rotatable bonds is 12. The predicted molar refractivity (Wildman–Crippen MR) is 155 cm³/mol. The molecular weight excluding hydrogens is 454 g/mol. The quantitative estimate of drug-likeness (QED) is 0.210. The Morgan fingerprint density at radius 1 is 1.05 bits per heavy atom. The van der Waals surface area contributed by atoms with Crippen molar-refractivity contribution < 1.29 is 9.53 Å². The van der Waals surface area contributed by atoms with Gasteiger partial charge in [0, 0.05) is 26.2 Å². The topological polar surface area (TPSA) is 38.3 Å². The van der Waals surface area contributed by atoms with E-state index in [1.54, 1.807) is 5.57 Å². The van der Waals surface area contributed by atoms with E-state index >= 15 is 0 Å². The molecular formula is C34H59NO2. The molecule has 212 valence electrons. The van der Waals surface area contributed by atoms with Gasteiger partial charge >= 0.3 is 0 Å². The SMILES string of the molecule is CCC(=O)NCCCOC[C@H]1CC[C@@]2(C)C(=CCC3C2CC[C@@]2(C)C3CC[C@@H]2[C@H](C)CCCC(C)C)C1. The van der Waals surface area contributed by atoms with Gasteiger partial charge in [-0.05, 0) is 110 Å². The van der Waals surface area contributed by atoms with Gasteiger partial charge in [0.2, 0.25) is 5.91 Å². The van der Waals surface area contributed by atoms with Crippen LogP contribution in [-0.4, -0.2) is 25.7 Å². The van der Waals surface area contributed by atoms with Crippen LogP contribution in [-0.2, 0) is 9.53 Å². The Hall–Kier alpha value is -0.830. The first-order valence-electron chi connectivity index (χ1n) is 16.2. The summed E-state index contributed by atoms with van der Waals surface area (Å²) < 4.78 is 6.07. The van der Waals surface area contributed by atoms with Crippen molar-refractivity contribution in [1.29, 1.82) is 0 Å². The number of hydrogen-bond donors (Lipinski definition) is 1. The Morgan fingerprint density at radius 3 is 2.62 bits per heavy atom. The highest BCUT2D eigenvalue weighted by molar-refractivity contribution is 5.75. The number of fused-ring (bicyclic) bond motifs is 5. The molecule has 4 aliphatic rings. The lowest BCUT2D eigenvalue weighted by molar-refractivity contribution is -0.120. The summed E-state index contributed by atoms with van der Waals surface area (Å²) in [7, 11) is 0. The van der Waals surface area contributed by atoms with Crippen molar-refractivity contribution in [3.05, 3.63) is 11.6 Å². The van der Waals surface area contributed by atoms with Gasteiger partial charge in [-0.15, -0.1) is 0 Å². The van der Waals surface area contributed by atoms with E-state index in [4.69, 9.17) is 4.74 Å². The lowest BCUT2D eigenvalue weighted by atomic mass is 9.46. The maximum absolute atomic E-state index is 11.4. The van der Waals surface area contributed by atoms with E-state index in [1.807, 2.05) is 6.92 Å². The Morgan fingerprint density at radius 2 is 1.86 bits per heavy atom. The van der Waals surface area contributed by atoms with Crippen LogP contribution in [0.2, 0.25) is 0 Å². The van der Waals surface area contributed by atoms with Crippen molar-refractivity contribution in [2.75, 3.05) is 19.8 Å². The molecule has 0 heterocycles. The monoisotopic (exact) mass is 513 g/mol. The minimum Gasteiger partial charge on any atom is -0.381 e. The van der Waals surface area contributed by atoms with Crippen molar-refractivity contribution in [1.82, 2.24) is 5.32 Å². The highest BCUT2D eigenvalue weighted by Gasteiger charge is 2.59. The standard InChI is InChI=1S/C34H59NO2/c1-7-32(36)35-20-9-21-37-23-26-16-18-33(5)27(22-26)12-13-28-30-15-14-29(25(4)11-8-10-24(2)3)34(30,6)19-17-31(28)33/h12,24-26,28-31H,7-11,13-23H2,1-6H3,(H,35,36)/t25-,26+,28?,29-,30?,31?,33+,34-/m1/s1. The summed E-state index contributed by atoms with van der Waals surface area (Å²) in [6, 6.07) is 0. The minimum absolute atomic E-state index is 0.140. The molecule has 4 rings (SSSR count). The molecule has 0 aromatic rings. The summed E-state index contributed by atoms with van der Waals surface area (Å²) in [6.45, 7) is 17.0. The second-order valence-electron chi connectivity index (χ2n) is 14.5. The third kappa shape index (κ3) is 6.33. The molecule has 8 atom stereocenters. The van der Waals surface area contributed by atoms with E-state index in [0.717, 1.165) is 61.7 Å². The third-order valence-corrected chi connectivity index (χ3v) is 11.9. The highest BCUT2D eigenvalue weighted by Crippen LogP contribution is 2.67. The fraction of sp³-hybridized carbons (Fsp3) is 0.912. The summed E-state index contributed by atoms with van der Waals surface area (Å²) >= 11 is 0. The van der Waals surface area contributed by atoms with Gasteiger partial charge in [0.15, 0.2) is 0 Å². The number of hydrogen-bond acceptors (Lipinski definition) is 2. The largest absolute Gasteiger partial charge is 0.381 e. The van der Waals surface area contributed by atoms with Crippen LogP contribution in [0, 0.1) is 52.3 Å². The summed E-state index contributed by atoms with van der Waals surface area (Å²) in [5.41, 5.74) is 2.80. The molecule has 1 amide bonds. The molecule has 3 fully saturated rings. The van der Waals surface area contributed by atoms with Crippen LogP contribution in [0.1, 0.15) is 125 Å². The third-order valence-electron chi connectivity index (χ3n) is 11.9. The zero-order chi connectivity index (χ0) is 26.6. The van der Waals surface area contributed by atoms with Crippen LogP contribution in [0.3, 0.4) is 0 Å². The minimum atomic E-state index is 0.140. The summed E-state index contributed by atoms with van der Waals surface area (Å²) in [4.78, 5) is 11.4. The molecule has 3 nitrogen and oxygen atoms in total. The van der Waals surface area contributed by atoms with Crippen molar-refractivity contribution in [3.63, 3.8) is 0 Å².